The molecule has 0 unspecified atom stereocenters. The molecular formula is C9H13N7O3S. The van der Waals surface area contributed by atoms with Crippen LogP contribution in [0.3, 0.4) is 0 Å². The first-order valence-corrected chi connectivity index (χ1v) is 6.87. The number of nitrogens with one attached hydrogen (secondary N) is 2. The van der Waals surface area contributed by atoms with Crippen LogP contribution >= 0.6 is 0 Å². The van der Waals surface area contributed by atoms with Crippen LogP contribution < -0.4 is 10.5 Å². The molecule has 108 valence electrons. The van der Waals surface area contributed by atoms with Crippen molar-refractivity contribution in [2.75, 3.05) is 4.72 Å². The minimum Gasteiger partial charge on any atom is -0.409 e. The number of aromatic amines is 1. The summed E-state index contributed by atoms with van der Waals surface area (Å²) in [5.41, 5.74) is 5.54. The lowest BCUT2D eigenvalue weighted by molar-refractivity contribution is 0.318. The summed E-state index contributed by atoms with van der Waals surface area (Å²) < 4.78 is 28.1. The average molecular weight is 299 g/mol. The van der Waals surface area contributed by atoms with E-state index >= 15 is 0 Å². The van der Waals surface area contributed by atoms with Gasteiger partial charge in [-0.2, -0.15) is 13.5 Å². The molecule has 0 fully saturated rings. The Kier molecular flexibility index (Phi) is 3.36. The molecule has 2 aromatic heterocycles. The van der Waals surface area contributed by atoms with Crippen LogP contribution in [0.15, 0.2) is 22.6 Å². The summed E-state index contributed by atoms with van der Waals surface area (Å²) in [6.07, 6.45) is 2.60. The number of aromatic nitrogens is 4. The fourth-order valence-corrected chi connectivity index (χ4v) is 2.53. The van der Waals surface area contributed by atoms with Gasteiger partial charge in [-0.1, -0.05) is 5.16 Å². The molecule has 10 nitrogen and oxygen atoms in total. The molecule has 5 N–H and O–H groups in total. The van der Waals surface area contributed by atoms with E-state index in [1.165, 1.54) is 12.4 Å². The molecule has 0 aliphatic carbocycles. The highest BCUT2D eigenvalue weighted by Gasteiger charge is 2.21. The van der Waals surface area contributed by atoms with E-state index in [2.05, 4.69) is 25.1 Å². The number of rotatable bonds is 4. The Bertz CT molecular complexity index is 739. The largest absolute Gasteiger partial charge is 0.409 e. The van der Waals surface area contributed by atoms with Crippen LogP contribution in [-0.2, 0) is 17.1 Å². The van der Waals surface area contributed by atoms with Gasteiger partial charge in [-0.15, -0.1) is 0 Å². The number of oxime groups is 1. The number of hydrogen-bond donors (Lipinski definition) is 4. The van der Waals surface area contributed by atoms with Crippen molar-refractivity contribution >= 4 is 21.7 Å². The Morgan fingerprint density at radius 3 is 2.85 bits per heavy atom. The first-order chi connectivity index (χ1) is 9.35. The number of H-pyrrole nitrogens is 1. The average Bonchev–Trinajstić information content (AvgIpc) is 2.96. The first kappa shape index (κ1) is 13.9. The summed E-state index contributed by atoms with van der Waals surface area (Å²) in [5, 5.41) is 17.3. The predicted octanol–water partition coefficient (Wildman–Crippen LogP) is -0.653. The fraction of sp³-hybridized carbons (Fsp3) is 0.222. The van der Waals surface area contributed by atoms with E-state index in [9.17, 15) is 8.42 Å². The Morgan fingerprint density at radius 2 is 2.30 bits per heavy atom. The van der Waals surface area contributed by atoms with Gasteiger partial charge in [0, 0.05) is 13.2 Å². The van der Waals surface area contributed by atoms with Gasteiger partial charge in [0.05, 0.1) is 11.8 Å². The van der Waals surface area contributed by atoms with Crippen molar-refractivity contribution in [3.05, 3.63) is 23.8 Å². The van der Waals surface area contributed by atoms with Crippen LogP contribution in [0.5, 0.6) is 0 Å². The molecule has 2 heterocycles. The minimum atomic E-state index is -3.89. The number of nitrogens with two attached hydrogens (primary N) is 1. The van der Waals surface area contributed by atoms with Crippen molar-refractivity contribution in [3.8, 4) is 0 Å². The molecule has 0 spiro atoms. The fourth-order valence-electron chi connectivity index (χ4n) is 1.45. The third kappa shape index (κ3) is 2.42. The maximum Gasteiger partial charge on any atom is 0.282 e. The van der Waals surface area contributed by atoms with Gasteiger partial charge in [0.1, 0.15) is 11.6 Å². The summed E-state index contributed by atoms with van der Waals surface area (Å²) in [4.78, 5) is 3.92. The second-order valence-corrected chi connectivity index (χ2v) is 5.62. The Morgan fingerprint density at radius 1 is 1.60 bits per heavy atom. The minimum absolute atomic E-state index is 0.0105. The van der Waals surface area contributed by atoms with Crippen LogP contribution in [0.2, 0.25) is 0 Å². The lowest BCUT2D eigenvalue weighted by Crippen LogP contribution is -2.19. The van der Waals surface area contributed by atoms with Gasteiger partial charge < -0.3 is 15.5 Å². The highest BCUT2D eigenvalue weighted by atomic mass is 32.2. The molecule has 0 atom stereocenters. The molecule has 0 aromatic carbocycles. The molecule has 0 amide bonds. The number of imidazole rings is 1. The second kappa shape index (κ2) is 4.85. The van der Waals surface area contributed by atoms with Crippen molar-refractivity contribution in [1.82, 2.24) is 19.7 Å². The van der Waals surface area contributed by atoms with E-state index in [-0.39, 0.29) is 22.2 Å². The van der Waals surface area contributed by atoms with E-state index < -0.39 is 10.0 Å². The van der Waals surface area contributed by atoms with Gasteiger partial charge in [-0.05, 0) is 6.92 Å². The number of hydrogen-bond acceptors (Lipinski definition) is 6. The number of anilines is 1. The Hall–Kier alpha value is -2.56. The quantitative estimate of drug-likeness (QED) is 0.255. The topological polar surface area (TPSA) is 151 Å². The van der Waals surface area contributed by atoms with Crippen LogP contribution in [0.4, 0.5) is 5.82 Å². The third-order valence-corrected chi connectivity index (χ3v) is 3.84. The Balaban J connectivity index is 2.37. The van der Waals surface area contributed by atoms with Gasteiger partial charge in [0.2, 0.25) is 0 Å². The molecule has 2 rings (SSSR count). The van der Waals surface area contributed by atoms with Crippen molar-refractivity contribution in [2.24, 2.45) is 17.9 Å². The predicted molar refractivity (Wildman–Crippen MR) is 69.9 cm³/mol. The number of sulfonamides is 1. The maximum absolute atomic E-state index is 12.2. The second-order valence-electron chi connectivity index (χ2n) is 3.99. The molecule has 11 heteroatoms. The van der Waals surface area contributed by atoms with Crippen LogP contribution in [0.25, 0.3) is 0 Å². The molecule has 0 aliphatic rings. The maximum atomic E-state index is 12.2. The lowest BCUT2D eigenvalue weighted by Gasteiger charge is -2.05. The zero-order chi connectivity index (χ0) is 14.9. The Labute approximate surface area is 114 Å². The summed E-state index contributed by atoms with van der Waals surface area (Å²) in [6, 6.07) is 0. The van der Waals surface area contributed by atoms with E-state index in [0.717, 1.165) is 0 Å². The molecule has 0 bridgehead atoms. The number of aryl methyl sites for hydroxylation is 2. The zero-order valence-corrected chi connectivity index (χ0v) is 11.5. The smallest absolute Gasteiger partial charge is 0.282 e. The molecule has 2 aromatic rings. The first-order valence-electron chi connectivity index (χ1n) is 5.39. The normalized spacial score (nSPS) is 12.6. The van der Waals surface area contributed by atoms with Crippen molar-refractivity contribution < 1.29 is 13.6 Å². The molecule has 0 radical (unpaired) electrons. The highest BCUT2D eigenvalue weighted by Crippen LogP contribution is 2.16. The van der Waals surface area contributed by atoms with Crippen LogP contribution in [-0.4, -0.2) is 39.2 Å². The highest BCUT2D eigenvalue weighted by molar-refractivity contribution is 7.92. The van der Waals surface area contributed by atoms with Gasteiger partial charge >= 0.3 is 0 Å². The van der Waals surface area contributed by atoms with Gasteiger partial charge in [-0.25, -0.2) is 4.98 Å². The molecular weight excluding hydrogens is 286 g/mol. The van der Waals surface area contributed by atoms with Gasteiger partial charge in [0.15, 0.2) is 10.9 Å². The molecule has 0 saturated heterocycles. The monoisotopic (exact) mass is 299 g/mol. The molecule has 0 aliphatic heterocycles. The standard InChI is InChI=1S/C9H13N7O3S/c1-5-12-7(4-16(5)2)20(18,19)15-9-6(3-11-13-9)8(10)14-17/h3-4,17H,1-2H3,(H2,10,14)(H2,11,13,15). The number of amidine groups is 1. The number of nitrogens with zero attached hydrogens (tertiary/aromatic N) is 4. The SMILES string of the molecule is Cc1nc(S(=O)(=O)Nc2[nH]ncc2C(N)=NO)cn1C. The van der Waals surface area contributed by atoms with Crippen molar-refractivity contribution in [2.45, 2.75) is 11.9 Å². The van der Waals surface area contributed by atoms with Gasteiger partial charge in [0.25, 0.3) is 10.0 Å². The molecule has 20 heavy (non-hydrogen) atoms. The zero-order valence-electron chi connectivity index (χ0n) is 10.7. The van der Waals surface area contributed by atoms with E-state index in [4.69, 9.17) is 10.9 Å². The summed E-state index contributed by atoms with van der Waals surface area (Å²) in [7, 11) is -2.21. The van der Waals surface area contributed by atoms with E-state index in [0.29, 0.717) is 5.82 Å². The van der Waals surface area contributed by atoms with Gasteiger partial charge in [-0.3, -0.25) is 9.82 Å². The van der Waals surface area contributed by atoms with Crippen molar-refractivity contribution in [1.29, 1.82) is 0 Å². The van der Waals surface area contributed by atoms with E-state index in [1.54, 1.807) is 18.5 Å². The third-order valence-electron chi connectivity index (χ3n) is 2.62. The van der Waals surface area contributed by atoms with Crippen LogP contribution in [0, 0.1) is 6.92 Å². The van der Waals surface area contributed by atoms with E-state index in [1.807, 2.05) is 0 Å². The summed E-state index contributed by atoms with van der Waals surface area (Å²) >= 11 is 0. The van der Waals surface area contributed by atoms with Crippen LogP contribution in [0.1, 0.15) is 11.4 Å². The van der Waals surface area contributed by atoms with Crippen molar-refractivity contribution in [3.63, 3.8) is 0 Å². The lowest BCUT2D eigenvalue weighted by atomic mass is 10.3. The summed E-state index contributed by atoms with van der Waals surface area (Å²) in [6.45, 7) is 1.68. The molecule has 0 saturated carbocycles. The summed E-state index contributed by atoms with van der Waals surface area (Å²) in [5.74, 6) is 0.268.